The fourth-order valence-corrected chi connectivity index (χ4v) is 14.5. The first-order chi connectivity index (χ1) is 52.3. The molecule has 16 N–H and O–H groups in total. The van der Waals surface area contributed by atoms with Gasteiger partial charge in [0.25, 0.3) is 11.8 Å². The van der Waals surface area contributed by atoms with Crippen LogP contribution in [0.4, 0.5) is 20.6 Å². The number of carbonyl (C=O) groups excluding carboxylic acids is 4. The molecule has 9 heterocycles. The van der Waals surface area contributed by atoms with E-state index in [-0.39, 0.29) is 33.0 Å². The number of hydrogen-bond acceptors (Lipinski definition) is 16. The summed E-state index contributed by atoms with van der Waals surface area (Å²) in [7, 11) is -0.406. The summed E-state index contributed by atoms with van der Waals surface area (Å²) in [5, 5.41) is 49.6. The molecule has 3 aliphatic heterocycles. The topological polar surface area (TPSA) is 410 Å². The van der Waals surface area contributed by atoms with Crippen LogP contribution in [-0.4, -0.2) is 114 Å². The first-order valence-electron chi connectivity index (χ1n) is 33.9. The summed E-state index contributed by atoms with van der Waals surface area (Å²) < 4.78 is 35.6. The molecule has 3 aliphatic rings. The normalized spacial score (nSPS) is 13.4. The van der Waals surface area contributed by atoms with Gasteiger partial charge in [-0.05, 0) is 166 Å². The van der Waals surface area contributed by atoms with Crippen LogP contribution in [0, 0.1) is 40.1 Å². The maximum absolute atomic E-state index is 13.1. The van der Waals surface area contributed by atoms with Crippen molar-refractivity contribution in [1.82, 2.24) is 65.7 Å². The second-order valence-electron chi connectivity index (χ2n) is 26.3. The first-order valence-corrected chi connectivity index (χ1v) is 37.4. The van der Waals surface area contributed by atoms with E-state index < -0.39 is 30.8 Å². The number of H-pyrrole nitrogens is 4. The van der Waals surface area contributed by atoms with Crippen molar-refractivity contribution >= 4 is 181 Å². The van der Waals surface area contributed by atoms with Crippen molar-refractivity contribution in [2.75, 3.05) is 11.9 Å². The number of para-hydroxylation sites is 1. The van der Waals surface area contributed by atoms with Crippen LogP contribution in [0.5, 0.6) is 5.75 Å². The van der Waals surface area contributed by atoms with Gasteiger partial charge in [-0.15, -0.1) is 0 Å². The highest BCUT2D eigenvalue weighted by Crippen LogP contribution is 2.40. The van der Waals surface area contributed by atoms with E-state index in [2.05, 4.69) is 110 Å². The monoisotopic (exact) mass is 1730 g/mol. The Morgan fingerprint density at radius 2 is 1.06 bits per heavy atom. The van der Waals surface area contributed by atoms with Crippen molar-refractivity contribution in [1.29, 1.82) is 0 Å². The van der Waals surface area contributed by atoms with Gasteiger partial charge < -0.3 is 36.3 Å². The summed E-state index contributed by atoms with van der Waals surface area (Å²) in [6.07, 6.45) is 2.38. The molecule has 6 aromatic heterocycles. The molecule has 0 radical (unpaired) electrons. The van der Waals surface area contributed by atoms with Gasteiger partial charge >= 0.3 is 13.2 Å². The second-order valence-corrected chi connectivity index (χ2v) is 30.2. The van der Waals surface area contributed by atoms with Crippen molar-refractivity contribution in [3.63, 3.8) is 0 Å². The Labute approximate surface area is 678 Å². The van der Waals surface area contributed by atoms with Crippen LogP contribution < -0.4 is 44.0 Å². The number of nitrogens with zero attached hydrogens (tertiary/aromatic N) is 9. The number of benzene rings is 7. The number of Topliss-reactive ketones (excluding diaryl/α,β-unsaturated/α-hetero) is 1. The van der Waals surface area contributed by atoms with Gasteiger partial charge in [0.05, 0.1) is 77.5 Å². The highest BCUT2D eigenvalue weighted by Gasteiger charge is 2.52. The molecule has 16 rings (SSSR count). The molecule has 0 spiro atoms. The highest BCUT2D eigenvalue weighted by atomic mass is 79.9. The number of nitrogens with one attached hydrogen (secondary N) is 6. The summed E-state index contributed by atoms with van der Waals surface area (Å²) in [6, 6.07) is 33.4. The molecular formula is C75H76BBr2Cl5FN19O8. The third-order valence-electron chi connectivity index (χ3n) is 18.3. The summed E-state index contributed by atoms with van der Waals surface area (Å²) >= 11 is 36.9. The average molecular weight is 1740 g/mol. The smallest absolute Gasteiger partial charge is 0.412 e. The average Bonchev–Trinajstić information content (AvgIpc) is 1.62. The van der Waals surface area contributed by atoms with Crippen LogP contribution in [0.1, 0.15) is 113 Å². The van der Waals surface area contributed by atoms with E-state index in [1.54, 1.807) is 60.7 Å². The quantitative estimate of drug-likeness (QED) is 0.0169. The number of carbonyl (C=O) groups is 4. The van der Waals surface area contributed by atoms with E-state index in [1.807, 2.05) is 107 Å². The van der Waals surface area contributed by atoms with Crippen molar-refractivity contribution < 1.29 is 43.1 Å². The molecule has 578 valence electrons. The number of hydrazine groups is 1. The van der Waals surface area contributed by atoms with Gasteiger partial charge in [-0.3, -0.25) is 61.1 Å². The minimum Gasteiger partial charge on any atom is -0.412 e. The third kappa shape index (κ3) is 19.5. The summed E-state index contributed by atoms with van der Waals surface area (Å²) in [5.41, 5.74) is 24.9. The van der Waals surface area contributed by atoms with Gasteiger partial charge in [0.15, 0.2) is 17.3 Å². The molecule has 1 fully saturated rings. The zero-order valence-electron chi connectivity index (χ0n) is 61.2. The number of ether oxygens (including phenoxy) is 1. The zero-order chi connectivity index (χ0) is 79.8. The van der Waals surface area contributed by atoms with Gasteiger partial charge in [0.2, 0.25) is 0 Å². The molecule has 0 saturated carbocycles. The minimum absolute atomic E-state index is 0. The van der Waals surface area contributed by atoms with E-state index in [0.717, 1.165) is 126 Å². The standard InChI is InChI=1S/C16H16ClN5O.C15H15ClN6O.C14H18BClN2O2.C14H10N2O2.C8H5BrClFO.C8H6BrClN2.H4N2.H2O/c1-8-10-6-9(7-11(17)15(10)20-19-8)14-13(16(18)23)12-4-2-3-5-22(12)21-14;1-7-9-4-8(5-10(16)14(9)20-19-7)13-12(15(17)23)11-6-18-2-3-22(11)21-13;1-8-10-6-9(7-11(16)12(10)18-17-8)15-19-13(2,3)14(4,5)20-15;1-15-11-7-9-12(10-8-11)16-14(17)18-13-5-3-2-4-6-13;1-4(12)6-2-5(9)3-7(10)8(6)11;1-4-6-2-5(9)3-7(10)8(6)12-11-4;1-2;/h6-7H,2-5H2,1H3,(H2,18,23)(H,19,20);4-5,18H,2-3,6H2,1H3,(H2,17,23)(H,19,20);6-7H,1-5H3,(H,17,18);2-10H,(H,16,17);2-3H,1H3;2-3H,1H3,(H,11,12);1-2H2;1H2. The summed E-state index contributed by atoms with van der Waals surface area (Å²) in [5.74, 6) is 6.56. The molecule has 0 unspecified atom stereocenters. The zero-order valence-corrected chi connectivity index (χ0v) is 68.2. The molecule has 13 aromatic rings. The van der Waals surface area contributed by atoms with Gasteiger partial charge in [0.1, 0.15) is 39.2 Å². The molecule has 27 nitrogen and oxygen atoms in total. The Morgan fingerprint density at radius 3 is 1.56 bits per heavy atom. The second kappa shape index (κ2) is 36.7. The maximum Gasteiger partial charge on any atom is 0.494 e. The Morgan fingerprint density at radius 1 is 0.613 bits per heavy atom. The van der Waals surface area contributed by atoms with Crippen LogP contribution in [0.25, 0.3) is 71.0 Å². The number of aryl methyl sites for hydroxylation is 5. The van der Waals surface area contributed by atoms with Crippen LogP contribution in [0.2, 0.25) is 25.1 Å². The van der Waals surface area contributed by atoms with Crippen molar-refractivity contribution in [3.8, 4) is 28.3 Å². The van der Waals surface area contributed by atoms with Crippen LogP contribution in [-0.2, 0) is 35.4 Å². The van der Waals surface area contributed by atoms with Gasteiger partial charge in [-0.25, -0.2) is 14.0 Å². The molecular weight excluding hydrogens is 1660 g/mol. The van der Waals surface area contributed by atoms with E-state index in [9.17, 15) is 23.6 Å². The molecule has 0 aliphatic carbocycles. The highest BCUT2D eigenvalue weighted by molar-refractivity contribution is 9.10. The van der Waals surface area contributed by atoms with E-state index >= 15 is 0 Å². The molecule has 7 aromatic carbocycles. The molecule has 111 heavy (non-hydrogen) atoms. The van der Waals surface area contributed by atoms with Gasteiger partial charge in [-0.1, -0.05) is 126 Å². The summed E-state index contributed by atoms with van der Waals surface area (Å²) in [4.78, 5) is 49.7. The van der Waals surface area contributed by atoms with Crippen molar-refractivity contribution in [3.05, 3.63) is 217 Å². The van der Waals surface area contributed by atoms with Crippen molar-refractivity contribution in [2.45, 2.75) is 112 Å². The minimum atomic E-state index is -0.660. The first kappa shape index (κ1) is 85.4. The lowest BCUT2D eigenvalue weighted by Gasteiger charge is -2.32. The number of aromatic nitrogens is 12. The predicted octanol–water partition coefficient (Wildman–Crippen LogP) is 15.8. The molecule has 3 amide bonds. The number of nitrogens with two attached hydrogens (primary N) is 4. The van der Waals surface area contributed by atoms with Crippen molar-refractivity contribution in [2.24, 2.45) is 23.2 Å². The van der Waals surface area contributed by atoms with E-state index in [4.69, 9.17) is 90.1 Å². The molecule has 36 heteroatoms. The molecule has 1 saturated heterocycles. The number of rotatable bonds is 8. The lowest BCUT2D eigenvalue weighted by atomic mass is 9.78. The molecule has 0 atom stereocenters. The predicted molar refractivity (Wildman–Crippen MR) is 441 cm³/mol. The van der Waals surface area contributed by atoms with Crippen LogP contribution >= 0.6 is 89.9 Å². The largest absolute Gasteiger partial charge is 0.494 e. The fourth-order valence-electron chi connectivity index (χ4n) is 12.0. The number of anilines is 1. The molecule has 0 bridgehead atoms. The maximum atomic E-state index is 13.1. The number of hydrogen-bond donors (Lipinski definition) is 10. The lowest BCUT2D eigenvalue weighted by molar-refractivity contribution is 0.00578. The van der Waals surface area contributed by atoms with E-state index in [1.165, 1.54) is 19.1 Å². The SMILES string of the molecule is CC(=O)c1cc(Br)cc(Cl)c1F.Cc1[nH]nc2c(Cl)cc(-c3nn4c(c3C(N)=O)CCCC4)cc12.Cc1[nH]nc2c(Cl)cc(-c3nn4c(c3C(N)=O)CNCC4)cc12.Cc1[nH]nc2c(Cl)cc(B3OC(C)(C)C(C)(C)O3)cc12.Cc1[nH]nc2c(Cl)cc(Br)cc12.NN.O.[C-]#[N+]c1ccc(NC(=O)Oc2ccccc2)cc1. The van der Waals surface area contributed by atoms with E-state index in [0.29, 0.717) is 82.8 Å². The number of amides is 3. The Bertz CT molecular complexity index is 5500. The van der Waals surface area contributed by atoms with Gasteiger partial charge in [0, 0.05) is 89.7 Å². The number of aromatic amines is 4. The number of ketones is 1. The van der Waals surface area contributed by atoms with Crippen LogP contribution in [0.3, 0.4) is 0 Å². The number of fused-ring (bicyclic) bond motifs is 6. The third-order valence-corrected chi connectivity index (χ3v) is 20.6. The van der Waals surface area contributed by atoms with Gasteiger partial charge in [-0.2, -0.15) is 30.6 Å². The van der Waals surface area contributed by atoms with Crippen LogP contribution in [0.15, 0.2) is 124 Å². The Hall–Kier alpha value is -9.63. The number of halogens is 8. The fraction of sp³-hybridized carbons (Fsp3) is 0.240. The number of primary amides is 2. The Kier molecular flexibility index (Phi) is 28.2. The lowest BCUT2D eigenvalue weighted by Crippen LogP contribution is -2.41. The summed E-state index contributed by atoms with van der Waals surface area (Å²) in [6.45, 7) is 27.0. The Balaban J connectivity index is 0.000000155.